The molecule has 1 amide bonds. The summed E-state index contributed by atoms with van der Waals surface area (Å²) in [5.41, 5.74) is 0. The molecule has 0 saturated carbocycles. The molecule has 2 unspecified atom stereocenters. The van der Waals surface area contributed by atoms with Crippen LogP contribution >= 0.6 is 0 Å². The molecule has 6 nitrogen and oxygen atoms in total. The van der Waals surface area contributed by atoms with Crippen LogP contribution in [0.15, 0.2) is 36.5 Å². The average Bonchev–Trinajstić information content (AvgIpc) is 3.33. The second-order valence-electron chi connectivity index (χ2n) is 20.3. The molecule has 0 aromatic carbocycles. The Morgan fingerprint density at radius 1 is 0.403 bits per heavy atom. The first kappa shape index (κ1) is 65.1. The van der Waals surface area contributed by atoms with Crippen molar-refractivity contribution in [3.05, 3.63) is 36.5 Å². The van der Waals surface area contributed by atoms with Crippen LogP contribution in [-0.2, 0) is 14.3 Å². The number of unbranched alkanes of at least 4 members (excludes halogenated alkanes) is 40. The van der Waals surface area contributed by atoms with Gasteiger partial charge in [-0.15, -0.1) is 0 Å². The van der Waals surface area contributed by atoms with Gasteiger partial charge >= 0.3 is 5.97 Å². The molecule has 0 aliphatic carbocycles. The maximum Gasteiger partial charge on any atom is 0.305 e. The molecule has 0 spiro atoms. The van der Waals surface area contributed by atoms with Gasteiger partial charge in [0, 0.05) is 12.8 Å². The Morgan fingerprint density at radius 2 is 0.701 bits per heavy atom. The Bertz CT molecular complexity index is 1090. The van der Waals surface area contributed by atoms with E-state index in [1.807, 2.05) is 6.08 Å². The predicted octanol–water partition coefficient (Wildman–Crippen LogP) is 18.4. The second-order valence-corrected chi connectivity index (χ2v) is 20.3. The number of rotatable bonds is 55. The number of amides is 1. The van der Waals surface area contributed by atoms with Crippen molar-refractivity contribution in [1.82, 2.24) is 5.32 Å². The van der Waals surface area contributed by atoms with E-state index in [1.54, 1.807) is 6.08 Å². The summed E-state index contributed by atoms with van der Waals surface area (Å²) in [7, 11) is 0. The molecule has 0 radical (unpaired) electrons. The first-order valence-electron chi connectivity index (χ1n) is 29.8. The van der Waals surface area contributed by atoms with Gasteiger partial charge in [-0.25, -0.2) is 0 Å². The summed E-state index contributed by atoms with van der Waals surface area (Å²) in [6, 6.07) is -0.631. The van der Waals surface area contributed by atoms with Gasteiger partial charge in [0.1, 0.15) is 0 Å². The lowest BCUT2D eigenvalue weighted by molar-refractivity contribution is -0.143. The minimum atomic E-state index is -0.847. The van der Waals surface area contributed by atoms with E-state index in [0.717, 1.165) is 51.4 Å². The normalized spacial score (nSPS) is 12.8. The topological polar surface area (TPSA) is 95.9 Å². The maximum absolute atomic E-state index is 12.4. The molecular weight excluding hydrogens is 827 g/mol. The quantitative estimate of drug-likeness (QED) is 0.0321. The SMILES string of the molecule is CCCCCCCCC/C=C\CCCCCCCCCC(=O)OCCCCCCCCCCCCC/C=C\CCCCCCCCCC(=O)NC(CO)C(O)/C=C/CCCCCCCCCC. The minimum absolute atomic E-state index is 0.00617. The standard InChI is InChI=1S/C61H115NO5/c1-3-5-7-9-11-13-15-16-17-18-26-29-32-35-39-43-47-51-55-61(66)67-56-52-48-44-40-36-33-30-27-24-22-20-19-21-23-25-28-31-34-38-42-46-50-54-60(65)62-58(57-63)59(64)53-49-45-41-37-14-12-10-8-6-4-2/h17-18,21,23,49,53,58-59,63-64H,3-16,19-20,22,24-48,50-52,54-57H2,1-2H3,(H,62,65)/b18-17-,23-21-,53-49+. The highest BCUT2D eigenvalue weighted by molar-refractivity contribution is 5.76. The molecule has 67 heavy (non-hydrogen) atoms. The van der Waals surface area contributed by atoms with Crippen molar-refractivity contribution in [2.45, 2.75) is 328 Å². The van der Waals surface area contributed by atoms with E-state index in [9.17, 15) is 19.8 Å². The van der Waals surface area contributed by atoms with Gasteiger partial charge in [0.05, 0.1) is 25.4 Å². The molecule has 394 valence electrons. The van der Waals surface area contributed by atoms with Gasteiger partial charge in [-0.1, -0.05) is 256 Å². The number of ether oxygens (including phenoxy) is 1. The molecular formula is C61H115NO5. The van der Waals surface area contributed by atoms with Gasteiger partial charge in [-0.3, -0.25) is 9.59 Å². The lowest BCUT2D eigenvalue weighted by Crippen LogP contribution is -2.45. The highest BCUT2D eigenvalue weighted by Crippen LogP contribution is 2.16. The number of aliphatic hydroxyl groups excluding tert-OH is 2. The van der Waals surface area contributed by atoms with E-state index < -0.39 is 12.1 Å². The van der Waals surface area contributed by atoms with Crippen LogP contribution in [0.2, 0.25) is 0 Å². The molecule has 0 bridgehead atoms. The summed E-state index contributed by atoms with van der Waals surface area (Å²) in [5.74, 6) is -0.0708. The fourth-order valence-corrected chi connectivity index (χ4v) is 9.03. The third-order valence-corrected chi connectivity index (χ3v) is 13.6. The maximum atomic E-state index is 12.4. The first-order valence-corrected chi connectivity index (χ1v) is 29.8. The predicted molar refractivity (Wildman–Crippen MR) is 292 cm³/mol. The van der Waals surface area contributed by atoms with Crippen molar-refractivity contribution in [1.29, 1.82) is 0 Å². The van der Waals surface area contributed by atoms with Crippen LogP contribution < -0.4 is 5.32 Å². The largest absolute Gasteiger partial charge is 0.466 e. The smallest absolute Gasteiger partial charge is 0.305 e. The fraction of sp³-hybridized carbons (Fsp3) is 0.869. The summed E-state index contributed by atoms with van der Waals surface area (Å²) in [5, 5.41) is 23.0. The van der Waals surface area contributed by atoms with Gasteiger partial charge < -0.3 is 20.3 Å². The third kappa shape index (κ3) is 53.3. The lowest BCUT2D eigenvalue weighted by atomic mass is 10.0. The summed E-state index contributed by atoms with van der Waals surface area (Å²) < 4.78 is 5.49. The molecule has 0 rings (SSSR count). The van der Waals surface area contributed by atoms with Crippen molar-refractivity contribution in [2.24, 2.45) is 0 Å². The van der Waals surface area contributed by atoms with Gasteiger partial charge in [0.2, 0.25) is 5.91 Å². The van der Waals surface area contributed by atoms with Crippen molar-refractivity contribution in [3.63, 3.8) is 0 Å². The zero-order valence-corrected chi connectivity index (χ0v) is 44.9. The van der Waals surface area contributed by atoms with Crippen molar-refractivity contribution in [3.8, 4) is 0 Å². The molecule has 6 heteroatoms. The van der Waals surface area contributed by atoms with E-state index in [-0.39, 0.29) is 18.5 Å². The molecule has 0 aliphatic rings. The number of carbonyl (C=O) groups excluding carboxylic acids is 2. The van der Waals surface area contributed by atoms with Crippen molar-refractivity contribution >= 4 is 11.9 Å². The zero-order chi connectivity index (χ0) is 48.6. The van der Waals surface area contributed by atoms with Crippen LogP contribution in [0.1, 0.15) is 316 Å². The van der Waals surface area contributed by atoms with Crippen molar-refractivity contribution in [2.75, 3.05) is 13.2 Å². The molecule has 0 aliphatic heterocycles. The number of hydrogen-bond donors (Lipinski definition) is 3. The highest BCUT2D eigenvalue weighted by Gasteiger charge is 2.18. The number of allylic oxidation sites excluding steroid dienone is 5. The van der Waals surface area contributed by atoms with Gasteiger partial charge in [0.15, 0.2) is 0 Å². The molecule has 3 N–H and O–H groups in total. The second kappa shape index (κ2) is 56.7. The van der Waals surface area contributed by atoms with Crippen LogP contribution in [0.3, 0.4) is 0 Å². The Balaban J connectivity index is 3.40. The number of nitrogens with one attached hydrogen (secondary N) is 1. The van der Waals surface area contributed by atoms with Gasteiger partial charge in [0.25, 0.3) is 0 Å². The van der Waals surface area contributed by atoms with E-state index in [4.69, 9.17) is 4.74 Å². The van der Waals surface area contributed by atoms with Crippen LogP contribution in [0.25, 0.3) is 0 Å². The fourth-order valence-electron chi connectivity index (χ4n) is 9.03. The number of hydrogen-bond acceptors (Lipinski definition) is 5. The molecule has 2 atom stereocenters. The van der Waals surface area contributed by atoms with Gasteiger partial charge in [-0.05, 0) is 83.5 Å². The molecule has 0 saturated heterocycles. The molecule has 0 aromatic heterocycles. The minimum Gasteiger partial charge on any atom is -0.466 e. The Kier molecular flexibility index (Phi) is 55.0. The molecule has 0 heterocycles. The van der Waals surface area contributed by atoms with E-state index in [0.29, 0.717) is 19.4 Å². The van der Waals surface area contributed by atoms with Crippen LogP contribution in [0.4, 0.5) is 0 Å². The number of aliphatic hydroxyl groups is 2. The van der Waals surface area contributed by atoms with Gasteiger partial charge in [-0.2, -0.15) is 0 Å². The molecule has 0 aromatic rings. The Morgan fingerprint density at radius 3 is 1.06 bits per heavy atom. The van der Waals surface area contributed by atoms with Crippen LogP contribution in [0.5, 0.6) is 0 Å². The molecule has 0 fully saturated rings. The van der Waals surface area contributed by atoms with E-state index in [2.05, 4.69) is 43.5 Å². The van der Waals surface area contributed by atoms with E-state index in [1.165, 1.54) is 238 Å². The summed E-state index contributed by atoms with van der Waals surface area (Å²) in [6.07, 6.45) is 70.4. The highest BCUT2D eigenvalue weighted by atomic mass is 16.5. The monoisotopic (exact) mass is 942 g/mol. The summed E-state index contributed by atoms with van der Waals surface area (Å²) in [4.78, 5) is 24.5. The van der Waals surface area contributed by atoms with Crippen LogP contribution in [0, 0.1) is 0 Å². The number of esters is 1. The lowest BCUT2D eigenvalue weighted by Gasteiger charge is -2.20. The zero-order valence-electron chi connectivity index (χ0n) is 44.9. The summed E-state index contributed by atoms with van der Waals surface area (Å²) >= 11 is 0. The Hall–Kier alpha value is -1.92. The Labute approximate surface area is 417 Å². The van der Waals surface area contributed by atoms with Crippen molar-refractivity contribution < 1.29 is 24.5 Å². The average molecular weight is 943 g/mol. The number of carbonyl (C=O) groups is 2. The summed E-state index contributed by atoms with van der Waals surface area (Å²) in [6.45, 7) is 4.88. The first-order chi connectivity index (χ1) is 33.0. The third-order valence-electron chi connectivity index (χ3n) is 13.6. The van der Waals surface area contributed by atoms with E-state index >= 15 is 0 Å². The van der Waals surface area contributed by atoms with Crippen LogP contribution in [-0.4, -0.2) is 47.4 Å².